The number of methoxy groups -OCH3 is 1. The lowest BCUT2D eigenvalue weighted by atomic mass is 10.1. The first-order valence-corrected chi connectivity index (χ1v) is 9.16. The molecule has 3 aromatic rings. The molecule has 3 heterocycles. The molecule has 0 bridgehead atoms. The second kappa shape index (κ2) is 7.77. The lowest BCUT2D eigenvalue weighted by molar-refractivity contribution is 0.0662. The van der Waals surface area contributed by atoms with Crippen molar-refractivity contribution in [3.8, 4) is 22.3 Å². The Morgan fingerprint density at radius 3 is 2.96 bits per heavy atom. The van der Waals surface area contributed by atoms with E-state index in [9.17, 15) is 4.79 Å². The van der Waals surface area contributed by atoms with Crippen LogP contribution < -0.4 is 9.47 Å². The third-order valence-electron chi connectivity index (χ3n) is 4.00. The van der Waals surface area contributed by atoms with Gasteiger partial charge in [-0.2, -0.15) is 0 Å². The molecule has 4 rings (SSSR count). The maximum absolute atomic E-state index is 13.0. The fraction of sp³-hybridized carbons (Fsp3) is 0.278. The van der Waals surface area contributed by atoms with E-state index in [0.717, 1.165) is 4.88 Å². The van der Waals surface area contributed by atoms with E-state index in [-0.39, 0.29) is 19.2 Å². The summed E-state index contributed by atoms with van der Waals surface area (Å²) in [5.74, 6) is 1.82. The summed E-state index contributed by atoms with van der Waals surface area (Å²) in [6, 6.07) is 8.93. The second-order valence-corrected chi connectivity index (χ2v) is 6.71. The average Bonchev–Trinajstić information content (AvgIpc) is 3.44. The number of aromatic nitrogens is 2. The Hall–Kier alpha value is -2.91. The quantitative estimate of drug-likeness (QED) is 0.616. The highest BCUT2D eigenvalue weighted by Crippen LogP contribution is 2.33. The van der Waals surface area contributed by atoms with Crippen LogP contribution in [0.25, 0.3) is 10.8 Å². The van der Waals surface area contributed by atoms with Gasteiger partial charge >= 0.3 is 0 Å². The summed E-state index contributed by atoms with van der Waals surface area (Å²) < 4.78 is 21.5. The Bertz CT molecular complexity index is 925. The molecule has 0 saturated carbocycles. The van der Waals surface area contributed by atoms with Crippen molar-refractivity contribution < 1.29 is 23.4 Å². The van der Waals surface area contributed by atoms with Crippen LogP contribution in [0.1, 0.15) is 16.2 Å². The molecule has 0 saturated heterocycles. The van der Waals surface area contributed by atoms with Crippen LogP contribution in [0.2, 0.25) is 0 Å². The van der Waals surface area contributed by atoms with E-state index in [1.165, 1.54) is 11.3 Å². The Labute approximate surface area is 159 Å². The van der Waals surface area contributed by atoms with Gasteiger partial charge in [-0.1, -0.05) is 6.07 Å². The minimum absolute atomic E-state index is 0.161. The van der Waals surface area contributed by atoms with Gasteiger partial charge in [0, 0.05) is 19.2 Å². The lowest BCUT2D eigenvalue weighted by Crippen LogP contribution is -2.33. The summed E-state index contributed by atoms with van der Waals surface area (Å²) in [4.78, 5) is 15.5. The summed E-state index contributed by atoms with van der Waals surface area (Å²) in [7, 11) is 1.59. The van der Waals surface area contributed by atoms with Crippen molar-refractivity contribution in [1.82, 2.24) is 15.1 Å². The number of hydrogen-bond donors (Lipinski definition) is 0. The second-order valence-electron chi connectivity index (χ2n) is 5.77. The number of thiophene rings is 1. The van der Waals surface area contributed by atoms with E-state index in [0.29, 0.717) is 42.0 Å². The van der Waals surface area contributed by atoms with Gasteiger partial charge in [0.2, 0.25) is 12.7 Å². The maximum Gasteiger partial charge on any atom is 0.257 e. The van der Waals surface area contributed by atoms with Gasteiger partial charge in [-0.05, 0) is 29.6 Å². The van der Waals surface area contributed by atoms with Crippen molar-refractivity contribution in [3.63, 3.8) is 0 Å². The van der Waals surface area contributed by atoms with Gasteiger partial charge in [0.15, 0.2) is 11.5 Å². The molecule has 0 spiro atoms. The third kappa shape index (κ3) is 3.79. The smallest absolute Gasteiger partial charge is 0.257 e. The molecule has 0 atom stereocenters. The summed E-state index contributed by atoms with van der Waals surface area (Å²) >= 11 is 1.51. The molecule has 8 nitrogen and oxygen atoms in total. The van der Waals surface area contributed by atoms with Crippen molar-refractivity contribution >= 4 is 17.2 Å². The number of nitrogens with zero attached hydrogens (tertiary/aromatic N) is 3. The molecule has 2 aromatic heterocycles. The molecule has 0 N–H and O–H groups in total. The molecule has 1 aliphatic heterocycles. The highest BCUT2D eigenvalue weighted by molar-refractivity contribution is 7.13. The number of hydrogen-bond acceptors (Lipinski definition) is 8. The zero-order valence-corrected chi connectivity index (χ0v) is 15.4. The molecule has 140 valence electrons. The topological polar surface area (TPSA) is 86.9 Å². The number of amides is 1. The van der Waals surface area contributed by atoms with E-state index < -0.39 is 0 Å². The molecule has 0 aliphatic carbocycles. The van der Waals surface area contributed by atoms with E-state index in [4.69, 9.17) is 18.6 Å². The normalized spacial score (nSPS) is 12.3. The van der Waals surface area contributed by atoms with Gasteiger partial charge in [-0.25, -0.2) is 0 Å². The summed E-state index contributed by atoms with van der Waals surface area (Å²) in [5.41, 5.74) is 0.494. The minimum Gasteiger partial charge on any atom is -0.454 e. The standard InChI is InChI=1S/C18H17N3O5S/c1-23-7-6-21(10-16-19-20-17(26-16)15-3-2-8-27-15)18(22)12-4-5-13-14(9-12)25-11-24-13/h2-5,8-9H,6-7,10-11H2,1H3. The van der Waals surface area contributed by atoms with Crippen LogP contribution >= 0.6 is 11.3 Å². The predicted molar refractivity (Wildman–Crippen MR) is 96.8 cm³/mol. The van der Waals surface area contributed by atoms with Gasteiger partial charge in [-0.3, -0.25) is 4.79 Å². The summed E-state index contributed by atoms with van der Waals surface area (Å²) in [6.45, 7) is 1.13. The fourth-order valence-corrected chi connectivity index (χ4v) is 3.29. The first-order valence-electron chi connectivity index (χ1n) is 8.28. The Morgan fingerprint density at radius 1 is 1.26 bits per heavy atom. The van der Waals surface area contributed by atoms with E-state index in [1.807, 2.05) is 17.5 Å². The lowest BCUT2D eigenvalue weighted by Gasteiger charge is -2.20. The Balaban J connectivity index is 1.53. The Kier molecular flexibility index (Phi) is 5.03. The van der Waals surface area contributed by atoms with Crippen molar-refractivity contribution in [2.24, 2.45) is 0 Å². The molecule has 0 radical (unpaired) electrons. The van der Waals surface area contributed by atoms with Gasteiger partial charge in [0.05, 0.1) is 18.0 Å². The Morgan fingerprint density at radius 2 is 2.15 bits per heavy atom. The van der Waals surface area contributed by atoms with Crippen LogP contribution in [0.3, 0.4) is 0 Å². The van der Waals surface area contributed by atoms with Crippen LogP contribution in [0.15, 0.2) is 40.1 Å². The van der Waals surface area contributed by atoms with Crippen LogP contribution in [0.5, 0.6) is 11.5 Å². The number of carbonyl (C=O) groups excluding carboxylic acids is 1. The zero-order chi connectivity index (χ0) is 18.6. The molecule has 0 fully saturated rings. The molecule has 0 unspecified atom stereocenters. The van der Waals surface area contributed by atoms with Crippen molar-refractivity contribution in [1.29, 1.82) is 0 Å². The number of carbonyl (C=O) groups is 1. The van der Waals surface area contributed by atoms with E-state index in [1.54, 1.807) is 30.2 Å². The summed E-state index contributed by atoms with van der Waals surface area (Å²) in [6.07, 6.45) is 0. The predicted octanol–water partition coefficient (Wildman–Crippen LogP) is 2.82. The molecule has 27 heavy (non-hydrogen) atoms. The molecular weight excluding hydrogens is 370 g/mol. The van der Waals surface area contributed by atoms with Crippen molar-refractivity contribution in [2.45, 2.75) is 6.54 Å². The van der Waals surface area contributed by atoms with Gasteiger partial charge < -0.3 is 23.5 Å². The van der Waals surface area contributed by atoms with Crippen LogP contribution in [0.4, 0.5) is 0 Å². The van der Waals surface area contributed by atoms with Crippen molar-refractivity contribution in [3.05, 3.63) is 47.2 Å². The first kappa shape index (κ1) is 17.5. The number of fused-ring (bicyclic) bond motifs is 1. The largest absolute Gasteiger partial charge is 0.454 e. The highest BCUT2D eigenvalue weighted by atomic mass is 32.1. The number of benzene rings is 1. The van der Waals surface area contributed by atoms with Gasteiger partial charge in [0.1, 0.15) is 0 Å². The third-order valence-corrected chi connectivity index (χ3v) is 4.85. The number of ether oxygens (including phenoxy) is 3. The summed E-state index contributed by atoms with van der Waals surface area (Å²) in [5, 5.41) is 10.1. The van der Waals surface area contributed by atoms with Crippen LogP contribution in [-0.2, 0) is 11.3 Å². The number of rotatable bonds is 7. The molecule has 1 aromatic carbocycles. The monoisotopic (exact) mass is 387 g/mol. The van der Waals surface area contributed by atoms with Crippen LogP contribution in [0, 0.1) is 0 Å². The maximum atomic E-state index is 13.0. The zero-order valence-electron chi connectivity index (χ0n) is 14.6. The van der Waals surface area contributed by atoms with Gasteiger partial charge in [-0.15, -0.1) is 21.5 Å². The highest BCUT2D eigenvalue weighted by Gasteiger charge is 2.22. The fourth-order valence-electron chi connectivity index (χ4n) is 2.65. The molecule has 9 heteroatoms. The first-order chi connectivity index (χ1) is 13.2. The minimum atomic E-state index is -0.179. The van der Waals surface area contributed by atoms with E-state index >= 15 is 0 Å². The van der Waals surface area contributed by atoms with E-state index in [2.05, 4.69) is 10.2 Å². The van der Waals surface area contributed by atoms with Crippen molar-refractivity contribution in [2.75, 3.05) is 27.1 Å². The van der Waals surface area contributed by atoms with Gasteiger partial charge in [0.25, 0.3) is 11.8 Å². The molecule has 1 aliphatic rings. The van der Waals surface area contributed by atoms with Crippen LogP contribution in [-0.4, -0.2) is 48.1 Å². The SMILES string of the molecule is COCCN(Cc1nnc(-c2cccs2)o1)C(=O)c1ccc2c(c1)OCO2. The molecular formula is C18H17N3O5S. The molecule has 1 amide bonds. The average molecular weight is 387 g/mol.